The molecule has 132 valence electrons. The van der Waals surface area contributed by atoms with E-state index < -0.39 is 0 Å². The summed E-state index contributed by atoms with van der Waals surface area (Å²) in [6.45, 7) is 4.40. The molecule has 0 spiro atoms. The van der Waals surface area contributed by atoms with Gasteiger partial charge in [-0.05, 0) is 29.5 Å². The molecule has 2 N–H and O–H groups in total. The largest absolute Gasteiger partial charge is 0.289 e. The summed E-state index contributed by atoms with van der Waals surface area (Å²) >= 11 is 0. The Kier molecular flexibility index (Phi) is 5.59. The van der Waals surface area contributed by atoms with Crippen molar-refractivity contribution in [1.29, 1.82) is 0 Å². The van der Waals surface area contributed by atoms with E-state index >= 15 is 0 Å². The molecule has 1 amide bonds. The quantitative estimate of drug-likeness (QED) is 0.522. The Hall–Kier alpha value is -3.21. The van der Waals surface area contributed by atoms with E-state index in [2.05, 4.69) is 46.7 Å². The van der Waals surface area contributed by atoms with Crippen molar-refractivity contribution >= 4 is 12.1 Å². The summed E-state index contributed by atoms with van der Waals surface area (Å²) in [4.78, 5) is 12.2. The number of aromatic nitrogens is 2. The zero-order valence-corrected chi connectivity index (χ0v) is 14.9. The van der Waals surface area contributed by atoms with Gasteiger partial charge in [0.15, 0.2) is 0 Å². The van der Waals surface area contributed by atoms with E-state index in [4.69, 9.17) is 0 Å². The first-order valence-electron chi connectivity index (χ1n) is 8.65. The van der Waals surface area contributed by atoms with Gasteiger partial charge >= 0.3 is 0 Å². The van der Waals surface area contributed by atoms with Crippen LogP contribution in [-0.4, -0.2) is 22.3 Å². The molecule has 5 heteroatoms. The van der Waals surface area contributed by atoms with Crippen molar-refractivity contribution in [3.8, 4) is 11.3 Å². The third-order valence-electron chi connectivity index (χ3n) is 3.90. The van der Waals surface area contributed by atoms with Gasteiger partial charge in [0.1, 0.15) is 5.69 Å². The maximum atomic E-state index is 12.2. The third kappa shape index (κ3) is 4.66. The fraction of sp³-hybridized carbons (Fsp3) is 0.190. The highest BCUT2D eigenvalue weighted by molar-refractivity contribution is 5.94. The van der Waals surface area contributed by atoms with Gasteiger partial charge in [-0.3, -0.25) is 9.89 Å². The molecule has 26 heavy (non-hydrogen) atoms. The number of rotatable bonds is 6. The van der Waals surface area contributed by atoms with Crippen LogP contribution in [0.4, 0.5) is 0 Å². The minimum atomic E-state index is -0.327. The fourth-order valence-electron chi connectivity index (χ4n) is 2.63. The molecule has 0 bridgehead atoms. The molecule has 2 aromatic carbocycles. The molecule has 0 saturated heterocycles. The lowest BCUT2D eigenvalue weighted by atomic mass is 10.0. The molecule has 5 nitrogen and oxygen atoms in total. The minimum absolute atomic E-state index is 0.327. The molecule has 0 fully saturated rings. The first kappa shape index (κ1) is 17.6. The smallest absolute Gasteiger partial charge is 0.272 e. The van der Waals surface area contributed by atoms with Gasteiger partial charge in [0.25, 0.3) is 5.91 Å². The highest BCUT2D eigenvalue weighted by atomic mass is 16.2. The second-order valence-corrected chi connectivity index (χ2v) is 6.57. The van der Waals surface area contributed by atoms with E-state index in [0.29, 0.717) is 11.6 Å². The van der Waals surface area contributed by atoms with Crippen LogP contribution in [0.5, 0.6) is 0 Å². The van der Waals surface area contributed by atoms with Crippen molar-refractivity contribution in [1.82, 2.24) is 15.6 Å². The summed E-state index contributed by atoms with van der Waals surface area (Å²) < 4.78 is 0. The fourth-order valence-corrected chi connectivity index (χ4v) is 2.63. The zero-order valence-electron chi connectivity index (χ0n) is 14.9. The number of hydrazone groups is 1. The lowest BCUT2D eigenvalue weighted by Gasteiger charge is -2.05. The van der Waals surface area contributed by atoms with E-state index in [1.807, 2.05) is 42.5 Å². The average Bonchev–Trinajstić information content (AvgIpc) is 3.13. The highest BCUT2D eigenvalue weighted by Gasteiger charge is 2.10. The molecular weight excluding hydrogens is 324 g/mol. The summed E-state index contributed by atoms with van der Waals surface area (Å²) in [6, 6.07) is 19.6. The van der Waals surface area contributed by atoms with Gasteiger partial charge in [0, 0.05) is 5.56 Å². The molecule has 0 saturated carbocycles. The number of hydrogen-bond donors (Lipinski definition) is 2. The summed E-state index contributed by atoms with van der Waals surface area (Å²) in [6.07, 6.45) is 2.65. The number of carbonyl (C=O) groups excluding carboxylic acids is 1. The van der Waals surface area contributed by atoms with E-state index in [1.165, 1.54) is 5.56 Å². The number of hydrogen-bond acceptors (Lipinski definition) is 3. The van der Waals surface area contributed by atoms with Crippen LogP contribution >= 0.6 is 0 Å². The van der Waals surface area contributed by atoms with Crippen molar-refractivity contribution < 1.29 is 4.79 Å². The van der Waals surface area contributed by atoms with Gasteiger partial charge in [0.2, 0.25) is 0 Å². The number of H-pyrrole nitrogens is 1. The van der Waals surface area contributed by atoms with Crippen LogP contribution in [0.3, 0.4) is 0 Å². The Morgan fingerprint density at radius 2 is 1.88 bits per heavy atom. The molecule has 1 aromatic heterocycles. The summed E-state index contributed by atoms with van der Waals surface area (Å²) in [7, 11) is 0. The van der Waals surface area contributed by atoms with Crippen LogP contribution < -0.4 is 5.43 Å². The zero-order chi connectivity index (χ0) is 18.4. The van der Waals surface area contributed by atoms with E-state index in [0.717, 1.165) is 23.2 Å². The van der Waals surface area contributed by atoms with Crippen LogP contribution in [0.2, 0.25) is 0 Å². The van der Waals surface area contributed by atoms with Crippen LogP contribution in [-0.2, 0) is 6.42 Å². The summed E-state index contributed by atoms with van der Waals surface area (Å²) in [5, 5.41) is 11.0. The number of nitrogens with zero attached hydrogens (tertiary/aromatic N) is 2. The number of carbonyl (C=O) groups is 1. The molecule has 0 unspecified atom stereocenters. The monoisotopic (exact) mass is 346 g/mol. The summed E-state index contributed by atoms with van der Waals surface area (Å²) in [5.41, 5.74) is 6.80. The maximum absolute atomic E-state index is 12.2. The number of amides is 1. The summed E-state index contributed by atoms with van der Waals surface area (Å²) in [5.74, 6) is 0.297. The molecule has 0 aliphatic heterocycles. The topological polar surface area (TPSA) is 70.1 Å². The molecule has 3 rings (SSSR count). The SMILES string of the molecule is CC(C)Cc1ccc(-c2cc(C(=O)NN=Cc3ccccc3)[nH]n2)cc1. The van der Waals surface area contributed by atoms with Gasteiger partial charge in [-0.25, -0.2) is 5.43 Å². The minimum Gasteiger partial charge on any atom is -0.272 e. The van der Waals surface area contributed by atoms with Crippen LogP contribution in [0, 0.1) is 5.92 Å². The van der Waals surface area contributed by atoms with Crippen molar-refractivity contribution in [3.63, 3.8) is 0 Å². The van der Waals surface area contributed by atoms with Gasteiger partial charge in [-0.15, -0.1) is 0 Å². The van der Waals surface area contributed by atoms with Crippen molar-refractivity contribution in [2.45, 2.75) is 20.3 Å². The Labute approximate surface area is 153 Å². The van der Waals surface area contributed by atoms with E-state index in [-0.39, 0.29) is 5.91 Å². The maximum Gasteiger partial charge on any atom is 0.289 e. The standard InChI is InChI=1S/C21H22N4O/c1-15(2)12-16-8-10-18(11-9-16)19-13-20(24-23-19)21(26)25-22-14-17-6-4-3-5-7-17/h3-11,13-15H,12H2,1-2H3,(H,23,24)(H,25,26). The Morgan fingerprint density at radius 3 is 2.58 bits per heavy atom. The number of nitrogens with one attached hydrogen (secondary N) is 2. The second kappa shape index (κ2) is 8.25. The Balaban J connectivity index is 1.63. The van der Waals surface area contributed by atoms with Crippen molar-refractivity contribution in [2.24, 2.45) is 11.0 Å². The second-order valence-electron chi connectivity index (χ2n) is 6.57. The van der Waals surface area contributed by atoms with E-state index in [9.17, 15) is 4.79 Å². The first-order chi connectivity index (χ1) is 12.6. The van der Waals surface area contributed by atoms with Crippen LogP contribution in [0.15, 0.2) is 65.8 Å². The van der Waals surface area contributed by atoms with Crippen LogP contribution in [0.25, 0.3) is 11.3 Å². The average molecular weight is 346 g/mol. The highest BCUT2D eigenvalue weighted by Crippen LogP contribution is 2.19. The normalized spacial score (nSPS) is 11.2. The molecule has 0 aliphatic carbocycles. The van der Waals surface area contributed by atoms with Crippen LogP contribution in [0.1, 0.15) is 35.5 Å². The third-order valence-corrected chi connectivity index (χ3v) is 3.90. The predicted molar refractivity (Wildman–Crippen MR) is 104 cm³/mol. The molecular formula is C21H22N4O. The molecule has 0 radical (unpaired) electrons. The molecule has 1 heterocycles. The van der Waals surface area contributed by atoms with Gasteiger partial charge in [-0.1, -0.05) is 68.4 Å². The predicted octanol–water partition coefficient (Wildman–Crippen LogP) is 4.04. The number of aromatic amines is 1. The molecule has 0 atom stereocenters. The lowest BCUT2D eigenvalue weighted by Crippen LogP contribution is -2.17. The lowest BCUT2D eigenvalue weighted by molar-refractivity contribution is 0.0950. The van der Waals surface area contributed by atoms with Gasteiger partial charge in [0.05, 0.1) is 11.9 Å². The number of benzene rings is 2. The molecule has 0 aliphatic rings. The van der Waals surface area contributed by atoms with E-state index in [1.54, 1.807) is 12.3 Å². The van der Waals surface area contributed by atoms with Crippen molar-refractivity contribution in [3.05, 3.63) is 77.5 Å². The first-order valence-corrected chi connectivity index (χ1v) is 8.65. The Bertz CT molecular complexity index is 880. The van der Waals surface area contributed by atoms with Crippen molar-refractivity contribution in [2.75, 3.05) is 0 Å². The Morgan fingerprint density at radius 1 is 1.15 bits per heavy atom. The van der Waals surface area contributed by atoms with Gasteiger partial charge in [-0.2, -0.15) is 10.2 Å². The van der Waals surface area contributed by atoms with Gasteiger partial charge < -0.3 is 0 Å². The molecule has 3 aromatic rings.